The van der Waals surface area contributed by atoms with Crippen molar-refractivity contribution in [1.29, 1.82) is 0 Å². The smallest absolute Gasteiger partial charge is 0.0591 e. The van der Waals surface area contributed by atoms with E-state index in [2.05, 4.69) is 19.2 Å². The van der Waals surface area contributed by atoms with Crippen LogP contribution in [0.2, 0.25) is 0 Å². The van der Waals surface area contributed by atoms with Gasteiger partial charge in [-0.2, -0.15) is 0 Å². The molecule has 2 aliphatic carbocycles. The van der Waals surface area contributed by atoms with Crippen LogP contribution in [0, 0.1) is 17.8 Å². The van der Waals surface area contributed by atoms with Gasteiger partial charge in [0.2, 0.25) is 0 Å². The molecule has 2 nitrogen and oxygen atoms in total. The van der Waals surface area contributed by atoms with Crippen LogP contribution in [-0.2, 0) is 4.74 Å². The summed E-state index contributed by atoms with van der Waals surface area (Å²) >= 11 is 0. The lowest BCUT2D eigenvalue weighted by Crippen LogP contribution is -2.37. The number of hydrogen-bond acceptors (Lipinski definition) is 2. The van der Waals surface area contributed by atoms with Crippen LogP contribution >= 0.6 is 0 Å². The van der Waals surface area contributed by atoms with E-state index in [0.29, 0.717) is 0 Å². The largest absolute Gasteiger partial charge is 0.380 e. The quantitative estimate of drug-likeness (QED) is 0.702. The van der Waals surface area contributed by atoms with Gasteiger partial charge in [-0.3, -0.25) is 0 Å². The van der Waals surface area contributed by atoms with E-state index in [-0.39, 0.29) is 0 Å². The highest BCUT2D eigenvalue weighted by atomic mass is 16.5. The normalized spacial score (nSPS) is 35.2. The number of nitrogens with one attached hydrogen (secondary N) is 1. The fraction of sp³-hybridized carbons (Fsp3) is 1.00. The van der Waals surface area contributed by atoms with E-state index in [0.717, 1.165) is 43.6 Å². The summed E-state index contributed by atoms with van der Waals surface area (Å²) in [5.41, 5.74) is 0. The fourth-order valence-electron chi connectivity index (χ4n) is 2.60. The molecule has 1 N–H and O–H groups in total. The number of ether oxygens (including phenoxy) is 1. The van der Waals surface area contributed by atoms with E-state index in [4.69, 9.17) is 4.74 Å². The predicted molar refractivity (Wildman–Crippen MR) is 67.5 cm³/mol. The molecule has 0 aromatic carbocycles. The molecule has 0 aliphatic heterocycles. The van der Waals surface area contributed by atoms with Crippen molar-refractivity contribution in [1.82, 2.24) is 5.32 Å². The van der Waals surface area contributed by atoms with Crippen LogP contribution in [0.3, 0.4) is 0 Å². The number of hydrogen-bond donors (Lipinski definition) is 1. The summed E-state index contributed by atoms with van der Waals surface area (Å²) in [5, 5.41) is 3.64. The maximum Gasteiger partial charge on any atom is 0.0591 e. The van der Waals surface area contributed by atoms with Crippen LogP contribution in [0.5, 0.6) is 0 Å². The van der Waals surface area contributed by atoms with Gasteiger partial charge in [0.25, 0.3) is 0 Å². The van der Waals surface area contributed by atoms with Crippen molar-refractivity contribution >= 4 is 0 Å². The van der Waals surface area contributed by atoms with Gasteiger partial charge in [-0.1, -0.05) is 13.8 Å². The summed E-state index contributed by atoms with van der Waals surface area (Å²) in [6, 6.07) is 0.746. The van der Waals surface area contributed by atoms with Gasteiger partial charge >= 0.3 is 0 Å². The molecule has 3 atom stereocenters. The van der Waals surface area contributed by atoms with E-state index in [1.165, 1.54) is 32.1 Å². The third-order valence-electron chi connectivity index (χ3n) is 4.33. The molecular formula is C14H27NO. The van der Waals surface area contributed by atoms with Crippen LogP contribution in [0.4, 0.5) is 0 Å². The van der Waals surface area contributed by atoms with Crippen LogP contribution in [0.15, 0.2) is 0 Å². The van der Waals surface area contributed by atoms with Crippen LogP contribution in [0.1, 0.15) is 46.0 Å². The Morgan fingerprint density at radius 3 is 2.56 bits per heavy atom. The summed E-state index contributed by atoms with van der Waals surface area (Å²) in [7, 11) is 0. The van der Waals surface area contributed by atoms with Gasteiger partial charge in [0.1, 0.15) is 0 Å². The SMILES string of the molecule is CC1CCC(NCCOCC2CC2)CC1C. The first-order valence-corrected chi connectivity index (χ1v) is 7.07. The molecule has 16 heavy (non-hydrogen) atoms. The molecule has 0 spiro atoms. The van der Waals surface area contributed by atoms with Crippen molar-refractivity contribution in [2.24, 2.45) is 17.8 Å². The minimum absolute atomic E-state index is 0.746. The second-order valence-corrected chi connectivity index (χ2v) is 5.94. The summed E-state index contributed by atoms with van der Waals surface area (Å²) in [6.07, 6.45) is 6.89. The molecule has 2 aliphatic rings. The lowest BCUT2D eigenvalue weighted by Gasteiger charge is -2.32. The molecule has 0 saturated heterocycles. The van der Waals surface area contributed by atoms with Gasteiger partial charge in [0, 0.05) is 19.2 Å². The molecule has 2 saturated carbocycles. The summed E-state index contributed by atoms with van der Waals surface area (Å²) in [6.45, 7) is 7.72. The molecule has 0 aromatic heterocycles. The Bertz CT molecular complexity index is 203. The monoisotopic (exact) mass is 225 g/mol. The predicted octanol–water partition coefficient (Wildman–Crippen LogP) is 2.83. The Hall–Kier alpha value is -0.0800. The molecule has 2 rings (SSSR count). The molecule has 0 aromatic rings. The lowest BCUT2D eigenvalue weighted by molar-refractivity contribution is 0.119. The average Bonchev–Trinajstić information content (AvgIpc) is 3.07. The summed E-state index contributed by atoms with van der Waals surface area (Å²) in [4.78, 5) is 0. The van der Waals surface area contributed by atoms with E-state index >= 15 is 0 Å². The Morgan fingerprint density at radius 2 is 1.88 bits per heavy atom. The van der Waals surface area contributed by atoms with Gasteiger partial charge < -0.3 is 10.1 Å². The van der Waals surface area contributed by atoms with E-state index in [1.807, 2.05) is 0 Å². The first-order valence-electron chi connectivity index (χ1n) is 7.07. The lowest BCUT2D eigenvalue weighted by atomic mass is 9.79. The third kappa shape index (κ3) is 4.06. The standard InChI is InChI=1S/C14H27NO/c1-11-3-6-14(9-12(11)2)15-7-8-16-10-13-4-5-13/h11-15H,3-10H2,1-2H3. The van der Waals surface area contributed by atoms with Gasteiger partial charge in [0.05, 0.1) is 6.61 Å². The van der Waals surface area contributed by atoms with E-state index in [9.17, 15) is 0 Å². The molecular weight excluding hydrogens is 198 g/mol. The van der Waals surface area contributed by atoms with Gasteiger partial charge in [-0.15, -0.1) is 0 Å². The maximum absolute atomic E-state index is 5.63. The van der Waals surface area contributed by atoms with Crippen molar-refractivity contribution in [3.8, 4) is 0 Å². The molecule has 0 amide bonds. The Balaban J connectivity index is 1.48. The van der Waals surface area contributed by atoms with Crippen molar-refractivity contribution in [3.05, 3.63) is 0 Å². The molecule has 0 bridgehead atoms. The van der Waals surface area contributed by atoms with Crippen molar-refractivity contribution in [2.75, 3.05) is 19.8 Å². The topological polar surface area (TPSA) is 21.3 Å². The zero-order valence-electron chi connectivity index (χ0n) is 10.9. The van der Waals surface area contributed by atoms with Crippen LogP contribution in [0.25, 0.3) is 0 Å². The molecule has 2 heteroatoms. The second-order valence-electron chi connectivity index (χ2n) is 5.94. The van der Waals surface area contributed by atoms with Crippen molar-refractivity contribution < 1.29 is 4.74 Å². The maximum atomic E-state index is 5.63. The first kappa shape index (κ1) is 12.4. The van der Waals surface area contributed by atoms with E-state index in [1.54, 1.807) is 0 Å². The van der Waals surface area contributed by atoms with Crippen LogP contribution in [-0.4, -0.2) is 25.8 Å². The second kappa shape index (κ2) is 6.02. The highest BCUT2D eigenvalue weighted by Crippen LogP contribution is 2.29. The van der Waals surface area contributed by atoms with Crippen LogP contribution < -0.4 is 5.32 Å². The summed E-state index contributed by atoms with van der Waals surface area (Å²) in [5.74, 6) is 2.71. The highest BCUT2D eigenvalue weighted by Gasteiger charge is 2.24. The molecule has 2 fully saturated rings. The summed E-state index contributed by atoms with van der Waals surface area (Å²) < 4.78 is 5.63. The molecule has 0 heterocycles. The van der Waals surface area contributed by atoms with Gasteiger partial charge in [-0.25, -0.2) is 0 Å². The zero-order chi connectivity index (χ0) is 11.4. The van der Waals surface area contributed by atoms with Crippen molar-refractivity contribution in [2.45, 2.75) is 52.0 Å². The highest BCUT2D eigenvalue weighted by molar-refractivity contribution is 4.79. The Labute approximate surface area is 100 Å². The van der Waals surface area contributed by atoms with Gasteiger partial charge in [-0.05, 0) is 49.9 Å². The van der Waals surface area contributed by atoms with Crippen molar-refractivity contribution in [3.63, 3.8) is 0 Å². The zero-order valence-corrected chi connectivity index (χ0v) is 10.9. The first-order chi connectivity index (χ1) is 7.75. The minimum atomic E-state index is 0.746. The molecule has 0 radical (unpaired) electrons. The fourth-order valence-corrected chi connectivity index (χ4v) is 2.60. The molecule has 94 valence electrons. The van der Waals surface area contributed by atoms with E-state index < -0.39 is 0 Å². The Morgan fingerprint density at radius 1 is 1.06 bits per heavy atom. The minimum Gasteiger partial charge on any atom is -0.380 e. The molecule has 3 unspecified atom stereocenters. The Kier molecular flexibility index (Phi) is 4.66. The average molecular weight is 225 g/mol. The van der Waals surface area contributed by atoms with Gasteiger partial charge in [0.15, 0.2) is 0 Å². The third-order valence-corrected chi connectivity index (χ3v) is 4.33. The number of rotatable bonds is 6.